The van der Waals surface area contributed by atoms with Crippen LogP contribution in [0.25, 0.3) is 0 Å². The van der Waals surface area contributed by atoms with Crippen LogP contribution in [0.4, 0.5) is 0 Å². The zero-order valence-electron chi connectivity index (χ0n) is 11.5. The van der Waals surface area contributed by atoms with Crippen molar-refractivity contribution in [3.63, 3.8) is 0 Å². The molecule has 2 atom stereocenters. The summed E-state index contributed by atoms with van der Waals surface area (Å²) in [6.45, 7) is 4.85. The molecule has 0 saturated carbocycles. The Morgan fingerprint density at radius 3 is 2.79 bits per heavy atom. The Hall–Kier alpha value is -0.870. The number of rotatable bonds is 8. The number of nitrogens with one attached hydrogen (secondary N) is 1. The highest BCUT2D eigenvalue weighted by molar-refractivity contribution is 9.10. The summed E-state index contributed by atoms with van der Waals surface area (Å²) >= 11 is 3.45. The van der Waals surface area contributed by atoms with Gasteiger partial charge >= 0.3 is 5.97 Å². The summed E-state index contributed by atoms with van der Waals surface area (Å²) in [7, 11) is 0. The van der Waals surface area contributed by atoms with Crippen LogP contribution in [0.2, 0.25) is 0 Å². The first-order valence-electron chi connectivity index (χ1n) is 6.76. The predicted octanol–water partition coefficient (Wildman–Crippen LogP) is 3.79. The van der Waals surface area contributed by atoms with Crippen LogP contribution < -0.4 is 5.32 Å². The van der Waals surface area contributed by atoms with Crippen LogP contribution >= 0.6 is 15.9 Å². The van der Waals surface area contributed by atoms with Gasteiger partial charge in [-0.2, -0.15) is 0 Å². The van der Waals surface area contributed by atoms with Crippen molar-refractivity contribution >= 4 is 21.9 Å². The maximum absolute atomic E-state index is 11.1. The van der Waals surface area contributed by atoms with Gasteiger partial charge in [-0.25, -0.2) is 0 Å². The van der Waals surface area contributed by atoms with Crippen molar-refractivity contribution in [3.05, 3.63) is 34.3 Å². The Balaban J connectivity index is 2.51. The molecule has 0 saturated heterocycles. The number of halogens is 1. The van der Waals surface area contributed by atoms with Crippen molar-refractivity contribution in [2.24, 2.45) is 0 Å². The first kappa shape index (κ1) is 16.2. The zero-order valence-corrected chi connectivity index (χ0v) is 13.1. The molecule has 0 aliphatic heterocycles. The number of hydrogen-bond acceptors (Lipinski definition) is 2. The van der Waals surface area contributed by atoms with E-state index >= 15 is 0 Å². The number of aliphatic carboxylic acids is 1. The molecule has 0 fully saturated rings. The Morgan fingerprint density at radius 1 is 1.47 bits per heavy atom. The number of unbranched alkanes of at least 4 members (excludes halogenated alkanes) is 1. The Labute approximate surface area is 123 Å². The number of carboxylic acids is 1. The van der Waals surface area contributed by atoms with Gasteiger partial charge in [0, 0.05) is 11.0 Å². The van der Waals surface area contributed by atoms with E-state index in [-0.39, 0.29) is 0 Å². The minimum atomic E-state index is -0.755. The molecule has 0 bridgehead atoms. The fourth-order valence-electron chi connectivity index (χ4n) is 1.97. The SMILES string of the molecule is CCCCC(NCC(C)c1cccc(Br)c1)C(=O)O. The second-order valence-corrected chi connectivity index (χ2v) is 5.81. The largest absolute Gasteiger partial charge is 0.480 e. The van der Waals surface area contributed by atoms with Gasteiger partial charge < -0.3 is 10.4 Å². The van der Waals surface area contributed by atoms with Crippen molar-refractivity contribution < 1.29 is 9.90 Å². The van der Waals surface area contributed by atoms with Crippen LogP contribution in [-0.2, 0) is 4.79 Å². The molecular weight excluding hydrogens is 306 g/mol. The third kappa shape index (κ3) is 5.74. The fraction of sp³-hybridized carbons (Fsp3) is 0.533. The number of carbonyl (C=O) groups is 1. The zero-order chi connectivity index (χ0) is 14.3. The second kappa shape index (κ2) is 8.33. The lowest BCUT2D eigenvalue weighted by Crippen LogP contribution is -2.38. The normalized spacial score (nSPS) is 14.1. The summed E-state index contributed by atoms with van der Waals surface area (Å²) in [5.74, 6) is -0.462. The summed E-state index contributed by atoms with van der Waals surface area (Å²) in [5.41, 5.74) is 1.21. The maximum atomic E-state index is 11.1. The molecule has 0 heterocycles. The van der Waals surface area contributed by atoms with Gasteiger partial charge in [-0.05, 0) is 30.0 Å². The molecule has 19 heavy (non-hydrogen) atoms. The number of hydrogen-bond donors (Lipinski definition) is 2. The fourth-order valence-corrected chi connectivity index (χ4v) is 2.39. The molecule has 0 spiro atoms. The van der Waals surface area contributed by atoms with Gasteiger partial charge in [-0.15, -0.1) is 0 Å². The quantitative estimate of drug-likeness (QED) is 0.763. The molecule has 0 aromatic heterocycles. The van der Waals surface area contributed by atoms with Gasteiger partial charge in [-0.1, -0.05) is 54.8 Å². The van der Waals surface area contributed by atoms with E-state index in [0.717, 1.165) is 17.3 Å². The summed E-state index contributed by atoms with van der Waals surface area (Å²) in [6, 6.07) is 7.70. The predicted molar refractivity (Wildman–Crippen MR) is 81.5 cm³/mol. The molecule has 0 amide bonds. The Kier molecular flexibility index (Phi) is 7.10. The molecular formula is C15H22BrNO2. The standard InChI is InChI=1S/C15H22BrNO2/c1-3-4-8-14(15(18)19)17-10-11(2)12-6-5-7-13(16)9-12/h5-7,9,11,14,17H,3-4,8,10H2,1-2H3,(H,18,19). The molecule has 3 nitrogen and oxygen atoms in total. The Bertz CT molecular complexity index is 409. The summed E-state index contributed by atoms with van der Waals surface area (Å²) in [4.78, 5) is 11.1. The van der Waals surface area contributed by atoms with Gasteiger partial charge in [0.1, 0.15) is 6.04 Å². The monoisotopic (exact) mass is 327 g/mol. The summed E-state index contributed by atoms with van der Waals surface area (Å²) < 4.78 is 1.05. The van der Waals surface area contributed by atoms with Crippen molar-refractivity contribution in [1.82, 2.24) is 5.32 Å². The topological polar surface area (TPSA) is 49.3 Å². The second-order valence-electron chi connectivity index (χ2n) is 4.90. The van der Waals surface area contributed by atoms with E-state index in [1.54, 1.807) is 0 Å². The van der Waals surface area contributed by atoms with Crippen LogP contribution in [0.1, 0.15) is 44.6 Å². The van der Waals surface area contributed by atoms with Crippen LogP contribution in [0.3, 0.4) is 0 Å². The Morgan fingerprint density at radius 2 is 2.21 bits per heavy atom. The van der Waals surface area contributed by atoms with Crippen molar-refractivity contribution in [2.75, 3.05) is 6.54 Å². The van der Waals surface area contributed by atoms with Gasteiger partial charge in [0.05, 0.1) is 0 Å². The maximum Gasteiger partial charge on any atom is 0.320 e. The third-order valence-corrected chi connectivity index (χ3v) is 3.73. The summed E-state index contributed by atoms with van der Waals surface area (Å²) in [6.07, 6.45) is 2.65. The van der Waals surface area contributed by atoms with E-state index in [0.29, 0.717) is 18.9 Å². The molecule has 1 aromatic carbocycles. The number of benzene rings is 1. The van der Waals surface area contributed by atoms with Crippen molar-refractivity contribution in [2.45, 2.75) is 45.1 Å². The average Bonchev–Trinajstić information content (AvgIpc) is 2.38. The lowest BCUT2D eigenvalue weighted by Gasteiger charge is -2.18. The molecule has 0 radical (unpaired) electrons. The van der Waals surface area contributed by atoms with E-state index in [4.69, 9.17) is 5.11 Å². The van der Waals surface area contributed by atoms with E-state index in [1.165, 1.54) is 5.56 Å². The van der Waals surface area contributed by atoms with Gasteiger partial charge in [0.15, 0.2) is 0 Å². The molecule has 0 aliphatic rings. The van der Waals surface area contributed by atoms with Crippen molar-refractivity contribution in [3.8, 4) is 0 Å². The van der Waals surface area contributed by atoms with Crippen LogP contribution in [0.15, 0.2) is 28.7 Å². The first-order chi connectivity index (χ1) is 9.04. The minimum absolute atomic E-state index is 0.293. The van der Waals surface area contributed by atoms with Crippen LogP contribution in [0, 0.1) is 0 Å². The number of carboxylic acid groups (broad SMARTS) is 1. The molecule has 4 heteroatoms. The molecule has 1 rings (SSSR count). The van der Waals surface area contributed by atoms with Crippen LogP contribution in [0.5, 0.6) is 0 Å². The average molecular weight is 328 g/mol. The van der Waals surface area contributed by atoms with Gasteiger partial charge in [0.2, 0.25) is 0 Å². The lowest BCUT2D eigenvalue weighted by atomic mass is 10.0. The molecule has 1 aromatic rings. The van der Waals surface area contributed by atoms with Crippen LogP contribution in [-0.4, -0.2) is 23.7 Å². The smallest absolute Gasteiger partial charge is 0.320 e. The van der Waals surface area contributed by atoms with Crippen molar-refractivity contribution in [1.29, 1.82) is 0 Å². The molecule has 0 aliphatic carbocycles. The van der Waals surface area contributed by atoms with E-state index in [1.807, 2.05) is 12.1 Å². The first-order valence-corrected chi connectivity index (χ1v) is 7.55. The summed E-state index contributed by atoms with van der Waals surface area (Å²) in [5, 5.41) is 12.3. The van der Waals surface area contributed by atoms with E-state index in [9.17, 15) is 4.79 Å². The molecule has 106 valence electrons. The minimum Gasteiger partial charge on any atom is -0.480 e. The third-order valence-electron chi connectivity index (χ3n) is 3.23. The highest BCUT2D eigenvalue weighted by Gasteiger charge is 2.17. The van der Waals surface area contributed by atoms with E-state index in [2.05, 4.69) is 47.2 Å². The van der Waals surface area contributed by atoms with Gasteiger partial charge in [-0.3, -0.25) is 4.79 Å². The highest BCUT2D eigenvalue weighted by Crippen LogP contribution is 2.19. The molecule has 2 N–H and O–H groups in total. The molecule has 2 unspecified atom stereocenters. The van der Waals surface area contributed by atoms with Gasteiger partial charge in [0.25, 0.3) is 0 Å². The lowest BCUT2D eigenvalue weighted by molar-refractivity contribution is -0.139. The van der Waals surface area contributed by atoms with E-state index < -0.39 is 12.0 Å². The highest BCUT2D eigenvalue weighted by atomic mass is 79.9.